The van der Waals surface area contributed by atoms with Gasteiger partial charge in [-0.15, -0.1) is 0 Å². The van der Waals surface area contributed by atoms with Crippen molar-refractivity contribution in [1.82, 2.24) is 5.32 Å². The molecule has 2 aliphatic rings. The van der Waals surface area contributed by atoms with E-state index >= 15 is 0 Å². The fourth-order valence-electron chi connectivity index (χ4n) is 3.16. The lowest BCUT2D eigenvalue weighted by atomic mass is 9.74. The number of aliphatic carboxylic acids is 1. The van der Waals surface area contributed by atoms with E-state index in [4.69, 9.17) is 9.84 Å². The van der Waals surface area contributed by atoms with Crippen molar-refractivity contribution in [2.45, 2.75) is 70.6 Å². The maximum atomic E-state index is 12.4. The molecule has 2 N–H and O–H groups in total. The number of unbranched alkanes of at least 4 members (excludes halogenated alkanes) is 1. The van der Waals surface area contributed by atoms with Gasteiger partial charge in [0.25, 0.3) is 0 Å². The van der Waals surface area contributed by atoms with E-state index in [1.54, 1.807) is 0 Å². The second-order valence-electron chi connectivity index (χ2n) is 5.95. The van der Waals surface area contributed by atoms with Crippen molar-refractivity contribution in [3.05, 3.63) is 0 Å². The van der Waals surface area contributed by atoms with Crippen molar-refractivity contribution >= 4 is 11.9 Å². The van der Waals surface area contributed by atoms with E-state index in [2.05, 4.69) is 5.32 Å². The fraction of sp³-hybridized carbons (Fsp3) is 0.857. The fourth-order valence-corrected chi connectivity index (χ4v) is 3.16. The minimum absolute atomic E-state index is 0.0434. The van der Waals surface area contributed by atoms with Crippen molar-refractivity contribution in [3.8, 4) is 0 Å². The summed E-state index contributed by atoms with van der Waals surface area (Å²) in [7, 11) is 0. The number of carbonyl (C=O) groups excluding carboxylic acids is 1. The van der Waals surface area contributed by atoms with E-state index in [9.17, 15) is 9.59 Å². The Morgan fingerprint density at radius 3 is 2.68 bits per heavy atom. The van der Waals surface area contributed by atoms with E-state index in [1.807, 2.05) is 13.8 Å². The second-order valence-corrected chi connectivity index (χ2v) is 5.95. The molecule has 2 rings (SSSR count). The zero-order chi connectivity index (χ0) is 14.0. The normalized spacial score (nSPS) is 34.2. The average molecular weight is 269 g/mol. The van der Waals surface area contributed by atoms with Gasteiger partial charge < -0.3 is 15.2 Å². The van der Waals surface area contributed by atoms with Crippen LogP contribution in [0, 0.1) is 5.41 Å². The van der Waals surface area contributed by atoms with Crippen LogP contribution in [0.15, 0.2) is 0 Å². The molecule has 2 bridgehead atoms. The highest BCUT2D eigenvalue weighted by Gasteiger charge is 2.54. The van der Waals surface area contributed by atoms with Gasteiger partial charge in [0.2, 0.25) is 5.91 Å². The molecule has 0 aromatic carbocycles. The maximum absolute atomic E-state index is 12.4. The molecule has 1 amide bonds. The van der Waals surface area contributed by atoms with Crippen LogP contribution in [0.3, 0.4) is 0 Å². The largest absolute Gasteiger partial charge is 0.480 e. The monoisotopic (exact) mass is 269 g/mol. The average Bonchev–Trinajstić information content (AvgIpc) is 2.94. The Balaban J connectivity index is 1.97. The van der Waals surface area contributed by atoms with Crippen LogP contribution in [0.25, 0.3) is 0 Å². The lowest BCUT2D eigenvalue weighted by molar-refractivity contribution is -0.144. The van der Waals surface area contributed by atoms with E-state index in [-0.39, 0.29) is 18.1 Å². The zero-order valence-corrected chi connectivity index (χ0v) is 11.6. The highest BCUT2D eigenvalue weighted by molar-refractivity contribution is 5.88. The summed E-state index contributed by atoms with van der Waals surface area (Å²) in [4.78, 5) is 23.6. The highest BCUT2D eigenvalue weighted by atomic mass is 16.5. The van der Waals surface area contributed by atoms with Gasteiger partial charge >= 0.3 is 5.97 Å². The molecule has 4 unspecified atom stereocenters. The summed E-state index contributed by atoms with van der Waals surface area (Å²) in [5.41, 5.74) is -0.553. The predicted octanol–water partition coefficient (Wildman–Crippen LogP) is 1.70. The smallest absolute Gasteiger partial charge is 0.326 e. The van der Waals surface area contributed by atoms with Crippen molar-refractivity contribution in [2.24, 2.45) is 5.41 Å². The van der Waals surface area contributed by atoms with Gasteiger partial charge in [0.1, 0.15) is 6.04 Å². The van der Waals surface area contributed by atoms with Gasteiger partial charge in [-0.05, 0) is 32.6 Å². The molecule has 2 aliphatic heterocycles. The van der Waals surface area contributed by atoms with Crippen molar-refractivity contribution in [2.75, 3.05) is 0 Å². The number of carbonyl (C=O) groups is 2. The first-order chi connectivity index (χ1) is 8.97. The molecule has 0 aliphatic carbocycles. The Kier molecular flexibility index (Phi) is 4.13. The summed E-state index contributed by atoms with van der Waals surface area (Å²) in [5.74, 6) is -1.11. The lowest BCUT2D eigenvalue weighted by Crippen LogP contribution is -2.50. The molecule has 4 atom stereocenters. The minimum atomic E-state index is -0.950. The molecule has 0 aromatic rings. The SMILES string of the molecule is CCCCC(NC(=O)C1(C)CC2CCC1O2)C(=O)O. The second kappa shape index (κ2) is 5.49. The maximum Gasteiger partial charge on any atom is 0.326 e. The molecular weight excluding hydrogens is 246 g/mol. The van der Waals surface area contributed by atoms with Crippen LogP contribution in [0.1, 0.15) is 52.4 Å². The molecule has 2 fully saturated rings. The first kappa shape index (κ1) is 14.3. The number of ether oxygens (including phenoxy) is 1. The minimum Gasteiger partial charge on any atom is -0.480 e. The Morgan fingerprint density at radius 1 is 1.47 bits per heavy atom. The number of carboxylic acids is 1. The Morgan fingerprint density at radius 2 is 2.21 bits per heavy atom. The summed E-state index contributed by atoms with van der Waals surface area (Å²) in [6, 6.07) is -0.775. The molecule has 0 aromatic heterocycles. The van der Waals surface area contributed by atoms with Crippen molar-refractivity contribution < 1.29 is 19.4 Å². The number of fused-ring (bicyclic) bond motifs is 2. The third-order valence-corrected chi connectivity index (χ3v) is 4.44. The van der Waals surface area contributed by atoms with Crippen LogP contribution in [-0.2, 0) is 14.3 Å². The van der Waals surface area contributed by atoms with Gasteiger partial charge in [0, 0.05) is 0 Å². The summed E-state index contributed by atoms with van der Waals surface area (Å²) < 4.78 is 5.72. The Labute approximate surface area is 113 Å². The summed E-state index contributed by atoms with van der Waals surface area (Å²) in [5, 5.41) is 11.9. The van der Waals surface area contributed by atoms with E-state index in [0.29, 0.717) is 12.8 Å². The molecule has 0 saturated carbocycles. The van der Waals surface area contributed by atoms with Crippen LogP contribution >= 0.6 is 0 Å². The number of amides is 1. The summed E-state index contributed by atoms with van der Waals surface area (Å²) >= 11 is 0. The molecule has 0 spiro atoms. The van der Waals surface area contributed by atoms with Gasteiger partial charge in [-0.1, -0.05) is 19.8 Å². The van der Waals surface area contributed by atoms with Crippen molar-refractivity contribution in [1.29, 1.82) is 0 Å². The standard InChI is InChI=1S/C14H23NO4/c1-3-4-5-10(12(16)17)15-13(18)14(2)8-9-6-7-11(14)19-9/h9-11H,3-8H2,1-2H3,(H,15,18)(H,16,17). The number of hydrogen-bond acceptors (Lipinski definition) is 3. The third kappa shape index (κ3) is 2.76. The zero-order valence-electron chi connectivity index (χ0n) is 11.6. The number of carboxylic acid groups (broad SMARTS) is 1. The van der Waals surface area contributed by atoms with E-state index in [1.165, 1.54) is 0 Å². The Bertz CT molecular complexity index is 370. The number of nitrogens with one attached hydrogen (secondary N) is 1. The van der Waals surface area contributed by atoms with E-state index < -0.39 is 17.4 Å². The first-order valence-corrected chi connectivity index (χ1v) is 7.16. The third-order valence-electron chi connectivity index (χ3n) is 4.44. The van der Waals surface area contributed by atoms with Crippen molar-refractivity contribution in [3.63, 3.8) is 0 Å². The van der Waals surface area contributed by atoms with Gasteiger partial charge in [0.15, 0.2) is 0 Å². The van der Waals surface area contributed by atoms with Gasteiger partial charge in [-0.2, -0.15) is 0 Å². The van der Waals surface area contributed by atoms with Gasteiger partial charge in [-0.3, -0.25) is 4.79 Å². The molecule has 2 heterocycles. The van der Waals surface area contributed by atoms with E-state index in [0.717, 1.165) is 25.7 Å². The van der Waals surface area contributed by atoms with Crippen LogP contribution in [0.4, 0.5) is 0 Å². The summed E-state index contributed by atoms with van der Waals surface area (Å²) in [6.45, 7) is 3.90. The molecule has 0 radical (unpaired) electrons. The predicted molar refractivity (Wildman–Crippen MR) is 69.7 cm³/mol. The summed E-state index contributed by atoms with van der Waals surface area (Å²) in [6.07, 6.45) is 4.98. The van der Waals surface area contributed by atoms with Crippen LogP contribution in [-0.4, -0.2) is 35.2 Å². The van der Waals surface area contributed by atoms with Gasteiger partial charge in [0.05, 0.1) is 17.6 Å². The van der Waals surface area contributed by atoms with Crippen LogP contribution < -0.4 is 5.32 Å². The molecule has 5 nitrogen and oxygen atoms in total. The highest BCUT2D eigenvalue weighted by Crippen LogP contribution is 2.47. The van der Waals surface area contributed by atoms with Crippen LogP contribution in [0.2, 0.25) is 0 Å². The van der Waals surface area contributed by atoms with Crippen LogP contribution in [0.5, 0.6) is 0 Å². The quantitative estimate of drug-likeness (QED) is 0.769. The molecular formula is C14H23NO4. The molecule has 19 heavy (non-hydrogen) atoms. The first-order valence-electron chi connectivity index (χ1n) is 7.16. The topological polar surface area (TPSA) is 75.6 Å². The Hall–Kier alpha value is -1.10. The van der Waals surface area contributed by atoms with Gasteiger partial charge in [-0.25, -0.2) is 4.79 Å². The molecule has 2 saturated heterocycles. The number of rotatable bonds is 6. The molecule has 108 valence electrons. The molecule has 5 heteroatoms. The lowest BCUT2D eigenvalue weighted by Gasteiger charge is -2.31. The number of hydrogen-bond donors (Lipinski definition) is 2.